The summed E-state index contributed by atoms with van der Waals surface area (Å²) in [6.07, 6.45) is -39.0. The SMILES string of the molecule is FC(F)(F)CCCOc1cc2c3cc(OCCCC(F)(F)F)c(OCCCC(F)(F)F)cc3c3cc(OCCCC(F)(F)F)c(OCCCC(F)(F)F)cc3c2cc1OCCCC(F)(F)F. The van der Waals surface area contributed by atoms with E-state index in [2.05, 4.69) is 0 Å². The third kappa shape index (κ3) is 18.8. The van der Waals surface area contributed by atoms with Crippen molar-refractivity contribution in [3.8, 4) is 34.5 Å². The minimum atomic E-state index is -4.60. The van der Waals surface area contributed by atoms with Gasteiger partial charge in [-0.1, -0.05) is 0 Å². The lowest BCUT2D eigenvalue weighted by atomic mass is 9.93. The fourth-order valence-electron chi connectivity index (χ4n) is 6.42. The molecule has 0 radical (unpaired) electrons. The molecule has 0 saturated carbocycles. The summed E-state index contributed by atoms with van der Waals surface area (Å²) in [6, 6.07) is 7.29. The van der Waals surface area contributed by atoms with Gasteiger partial charge in [0, 0.05) is 38.5 Å². The summed E-state index contributed by atoms with van der Waals surface area (Å²) in [5.41, 5.74) is 0. The molecule has 24 heteroatoms. The van der Waals surface area contributed by atoms with Gasteiger partial charge in [0.15, 0.2) is 34.5 Å². The van der Waals surface area contributed by atoms with E-state index in [1.807, 2.05) is 0 Å². The van der Waals surface area contributed by atoms with Crippen LogP contribution in [-0.2, 0) is 0 Å². The van der Waals surface area contributed by atoms with Gasteiger partial charge in [0.25, 0.3) is 0 Å². The summed E-state index contributed by atoms with van der Waals surface area (Å²) in [7, 11) is 0. The average Bonchev–Trinajstić information content (AvgIpc) is 3.16. The van der Waals surface area contributed by atoms with E-state index in [0.717, 1.165) is 0 Å². The van der Waals surface area contributed by atoms with Crippen molar-refractivity contribution >= 4 is 32.3 Å². The zero-order valence-electron chi connectivity index (χ0n) is 34.4. The molecule has 0 spiro atoms. The van der Waals surface area contributed by atoms with E-state index in [4.69, 9.17) is 28.4 Å². The van der Waals surface area contributed by atoms with Crippen molar-refractivity contribution < 1.29 is 107 Å². The fourth-order valence-corrected chi connectivity index (χ4v) is 6.42. The van der Waals surface area contributed by atoms with E-state index in [0.29, 0.717) is 0 Å². The van der Waals surface area contributed by atoms with Crippen molar-refractivity contribution in [1.82, 2.24) is 0 Å². The topological polar surface area (TPSA) is 55.4 Å². The Hall–Kier alpha value is -4.80. The summed E-state index contributed by atoms with van der Waals surface area (Å²) in [5, 5.41) is 0.481. The molecule has 0 aliphatic rings. The third-order valence-electron chi connectivity index (χ3n) is 9.30. The molecular weight excluding hydrogens is 942 g/mol. The minimum absolute atomic E-state index is 0.0802. The largest absolute Gasteiger partial charge is 0.490 e. The lowest BCUT2D eigenvalue weighted by Gasteiger charge is -2.21. The number of hydrogen-bond acceptors (Lipinski definition) is 6. The molecule has 0 aromatic heterocycles. The quantitative estimate of drug-likeness (QED) is 0.0396. The van der Waals surface area contributed by atoms with Gasteiger partial charge >= 0.3 is 37.1 Å². The molecule has 0 aliphatic carbocycles. The molecule has 0 N–H and O–H groups in total. The molecule has 372 valence electrons. The average molecular weight is 985 g/mol. The highest BCUT2D eigenvalue weighted by Crippen LogP contribution is 2.48. The maximum atomic E-state index is 13.0. The van der Waals surface area contributed by atoms with E-state index in [9.17, 15) is 79.0 Å². The van der Waals surface area contributed by atoms with Gasteiger partial charge in [-0.05, 0) is 107 Å². The third-order valence-corrected chi connectivity index (χ3v) is 9.30. The number of alkyl halides is 18. The van der Waals surface area contributed by atoms with Crippen LogP contribution < -0.4 is 28.4 Å². The monoisotopic (exact) mass is 984 g/mol. The summed E-state index contributed by atoms with van der Waals surface area (Å²) in [5.74, 6) is -1.80. The van der Waals surface area contributed by atoms with Gasteiger partial charge in [0.05, 0.1) is 39.6 Å². The van der Waals surface area contributed by atoms with Gasteiger partial charge in [0.1, 0.15) is 0 Å². The molecule has 4 rings (SSSR count). The Balaban J connectivity index is 2.02. The molecule has 4 aromatic carbocycles. The number of fused-ring (bicyclic) bond motifs is 6. The molecule has 0 bridgehead atoms. The Morgan fingerprint density at radius 1 is 0.227 bits per heavy atom. The van der Waals surface area contributed by atoms with Gasteiger partial charge in [-0.2, -0.15) is 79.0 Å². The van der Waals surface area contributed by atoms with E-state index in [1.54, 1.807) is 0 Å². The van der Waals surface area contributed by atoms with Crippen LogP contribution in [0.15, 0.2) is 36.4 Å². The summed E-state index contributed by atoms with van der Waals surface area (Å²) < 4.78 is 268. The maximum absolute atomic E-state index is 13.0. The van der Waals surface area contributed by atoms with Gasteiger partial charge in [0.2, 0.25) is 0 Å². The van der Waals surface area contributed by atoms with E-state index in [1.165, 1.54) is 36.4 Å². The molecular formula is C42H42F18O6. The van der Waals surface area contributed by atoms with Crippen LogP contribution in [-0.4, -0.2) is 76.7 Å². The summed E-state index contributed by atoms with van der Waals surface area (Å²) in [4.78, 5) is 0. The highest BCUT2D eigenvalue weighted by Gasteiger charge is 2.31. The Morgan fingerprint density at radius 3 is 0.455 bits per heavy atom. The zero-order chi connectivity index (χ0) is 49.1. The summed E-state index contributed by atoms with van der Waals surface area (Å²) in [6.45, 7) is -3.64. The molecule has 0 atom stereocenters. The van der Waals surface area contributed by atoms with Crippen molar-refractivity contribution in [2.24, 2.45) is 0 Å². The van der Waals surface area contributed by atoms with Crippen molar-refractivity contribution in [3.05, 3.63) is 36.4 Å². The lowest BCUT2D eigenvalue weighted by Crippen LogP contribution is -2.12. The molecule has 0 aliphatic heterocycles. The first kappa shape index (κ1) is 53.8. The molecule has 0 saturated heterocycles. The van der Waals surface area contributed by atoms with Crippen LogP contribution in [0.1, 0.15) is 77.0 Å². The summed E-state index contributed by atoms with van der Waals surface area (Å²) >= 11 is 0. The minimum Gasteiger partial charge on any atom is -0.490 e. The van der Waals surface area contributed by atoms with Crippen LogP contribution in [0.4, 0.5) is 79.0 Å². The molecule has 0 amide bonds. The number of halogens is 18. The van der Waals surface area contributed by atoms with Gasteiger partial charge in [-0.15, -0.1) is 0 Å². The molecule has 6 nitrogen and oxygen atoms in total. The fraction of sp³-hybridized carbons (Fsp3) is 0.571. The molecule has 0 heterocycles. The Kier molecular flexibility index (Phi) is 18.2. The van der Waals surface area contributed by atoms with E-state index >= 15 is 0 Å². The molecule has 0 fully saturated rings. The lowest BCUT2D eigenvalue weighted by molar-refractivity contribution is -0.137. The van der Waals surface area contributed by atoms with Gasteiger partial charge in [-0.3, -0.25) is 0 Å². The zero-order valence-corrected chi connectivity index (χ0v) is 34.4. The second-order valence-corrected chi connectivity index (χ2v) is 14.9. The first-order chi connectivity index (χ1) is 30.5. The van der Waals surface area contributed by atoms with Crippen molar-refractivity contribution in [3.63, 3.8) is 0 Å². The second kappa shape index (κ2) is 22.3. The highest BCUT2D eigenvalue weighted by atomic mass is 19.4. The smallest absolute Gasteiger partial charge is 0.389 e. The van der Waals surface area contributed by atoms with Crippen molar-refractivity contribution in [2.75, 3.05) is 39.6 Å². The number of hydrogen-bond donors (Lipinski definition) is 0. The van der Waals surface area contributed by atoms with Gasteiger partial charge < -0.3 is 28.4 Å². The van der Waals surface area contributed by atoms with Crippen molar-refractivity contribution in [2.45, 2.75) is 114 Å². The van der Waals surface area contributed by atoms with Crippen LogP contribution in [0.5, 0.6) is 34.5 Å². The van der Waals surface area contributed by atoms with Crippen LogP contribution in [0, 0.1) is 0 Å². The second-order valence-electron chi connectivity index (χ2n) is 14.9. The first-order valence-electron chi connectivity index (χ1n) is 20.2. The molecule has 4 aromatic rings. The van der Waals surface area contributed by atoms with Crippen LogP contribution >= 0.6 is 0 Å². The number of benzene rings is 4. The first-order valence-corrected chi connectivity index (χ1v) is 20.2. The predicted octanol–water partition coefficient (Wildman–Crippen LogP) is 15.5. The molecule has 0 unspecified atom stereocenters. The Bertz CT molecular complexity index is 1750. The highest BCUT2D eigenvalue weighted by molar-refractivity contribution is 6.26. The standard InChI is InChI=1S/C42H42F18O6/c43-37(44,45)7-1-13-61-31-19-25-26(20-32(31)62-14-2-8-38(46,47)48)28-22-34(64-16-4-10-40(52,53)54)36(66-18-6-12-42(58,59)60)24-30(28)29-23-35(65-17-5-11-41(55,56)57)33(21-27(25)29)63-15-3-9-39(49,50)51/h19-24H,1-18H2. The van der Waals surface area contributed by atoms with Crippen LogP contribution in [0.2, 0.25) is 0 Å². The predicted molar refractivity (Wildman–Crippen MR) is 204 cm³/mol. The Labute approximate surface area is 364 Å². The van der Waals surface area contributed by atoms with Crippen LogP contribution in [0.3, 0.4) is 0 Å². The van der Waals surface area contributed by atoms with E-state index in [-0.39, 0.29) is 66.8 Å². The normalized spacial score (nSPS) is 13.2. The van der Waals surface area contributed by atoms with Gasteiger partial charge in [-0.25, -0.2) is 0 Å². The van der Waals surface area contributed by atoms with Crippen molar-refractivity contribution in [1.29, 1.82) is 0 Å². The Morgan fingerprint density at radius 2 is 0.348 bits per heavy atom. The number of rotatable bonds is 24. The number of ether oxygens (including phenoxy) is 6. The van der Waals surface area contributed by atoms with E-state index < -0.39 is 154 Å². The van der Waals surface area contributed by atoms with Crippen LogP contribution in [0.25, 0.3) is 32.3 Å². The maximum Gasteiger partial charge on any atom is 0.389 e. The molecule has 66 heavy (non-hydrogen) atoms.